The predicted octanol–water partition coefficient (Wildman–Crippen LogP) is 6.02. The van der Waals surface area contributed by atoms with E-state index in [1.807, 2.05) is 86.6 Å². The van der Waals surface area contributed by atoms with Gasteiger partial charge in [0, 0.05) is 89.0 Å². The molecular formula is C39H46N8O5. The number of hydrogen-bond acceptors (Lipinski definition) is 11. The quantitative estimate of drug-likeness (QED) is 0.118. The maximum atomic E-state index is 13.8. The number of ketones is 1. The molecule has 272 valence electrons. The highest BCUT2D eigenvalue weighted by Crippen LogP contribution is 2.32. The van der Waals surface area contributed by atoms with Crippen LogP contribution in [-0.4, -0.2) is 89.9 Å². The van der Waals surface area contributed by atoms with E-state index in [1.54, 1.807) is 24.3 Å². The third kappa shape index (κ3) is 8.67. The van der Waals surface area contributed by atoms with Crippen molar-refractivity contribution in [1.82, 2.24) is 9.80 Å². The minimum Gasteiger partial charge on any atom is -0.375 e. The molecule has 0 aromatic heterocycles. The fraction of sp³-hybridized carbons (Fsp3) is 0.359. The highest BCUT2D eigenvalue weighted by atomic mass is 16.6. The first-order valence-electron chi connectivity index (χ1n) is 17.8. The second-order valence-corrected chi connectivity index (χ2v) is 13.4. The third-order valence-corrected chi connectivity index (χ3v) is 10.3. The van der Waals surface area contributed by atoms with Gasteiger partial charge in [-0.2, -0.15) is 0 Å². The number of anilines is 4. The summed E-state index contributed by atoms with van der Waals surface area (Å²) in [6.45, 7) is 10.6. The molecule has 2 aliphatic rings. The van der Waals surface area contributed by atoms with Gasteiger partial charge in [-0.1, -0.05) is 60.7 Å². The van der Waals surface area contributed by atoms with Crippen LogP contribution in [0.1, 0.15) is 25.0 Å². The second kappa shape index (κ2) is 16.7. The summed E-state index contributed by atoms with van der Waals surface area (Å²) < 4.78 is 0. The molecule has 0 spiro atoms. The van der Waals surface area contributed by atoms with Crippen molar-refractivity contribution in [1.29, 1.82) is 0 Å². The zero-order chi connectivity index (χ0) is 36.6. The minimum atomic E-state index is -0.361. The summed E-state index contributed by atoms with van der Waals surface area (Å²) in [4.78, 5) is 45.4. The highest BCUT2D eigenvalue weighted by molar-refractivity contribution is 5.88. The molecule has 2 heterocycles. The number of hydrogen-bond donors (Lipinski definition) is 2. The average Bonchev–Trinajstić information content (AvgIpc) is 3.19. The van der Waals surface area contributed by atoms with Gasteiger partial charge in [-0.3, -0.25) is 34.8 Å². The molecule has 2 saturated heterocycles. The Labute approximate surface area is 304 Å². The largest absolute Gasteiger partial charge is 0.375 e. The normalized spacial score (nSPS) is 16.6. The lowest BCUT2D eigenvalue weighted by Crippen LogP contribution is -2.57. The van der Waals surface area contributed by atoms with Crippen molar-refractivity contribution in [2.75, 3.05) is 72.8 Å². The van der Waals surface area contributed by atoms with E-state index in [1.165, 1.54) is 0 Å². The van der Waals surface area contributed by atoms with E-state index in [4.69, 9.17) is 0 Å². The molecule has 0 radical (unpaired) electrons. The van der Waals surface area contributed by atoms with Crippen LogP contribution in [0.15, 0.2) is 97.1 Å². The van der Waals surface area contributed by atoms with Gasteiger partial charge in [-0.25, -0.2) is 0 Å². The maximum Gasteiger partial charge on any atom is 0.292 e. The summed E-state index contributed by atoms with van der Waals surface area (Å²) in [6.07, 6.45) is 0. The van der Waals surface area contributed by atoms with Gasteiger partial charge in [0.15, 0.2) is 5.78 Å². The standard InChI is InChI=1S/C39H46N8O5/c1-29(42-17-21-44(22-18-42)33-13-15-37(46(49)50)35(25-33)40-27-31-9-5-3-6-10-31)39(48)30(2)43-19-23-45(24-20-43)34-14-16-38(47(51)52)36(26-34)41-28-32-11-7-4-8-12-32/h3-16,25-26,29-30,40-41H,17-24,27-28H2,1-2H3. The Morgan fingerprint density at radius 3 is 1.31 bits per heavy atom. The first-order valence-corrected chi connectivity index (χ1v) is 17.8. The molecule has 2 atom stereocenters. The number of rotatable bonds is 14. The van der Waals surface area contributed by atoms with E-state index >= 15 is 0 Å². The first kappa shape index (κ1) is 36.3. The zero-order valence-corrected chi connectivity index (χ0v) is 29.7. The van der Waals surface area contributed by atoms with Crippen molar-refractivity contribution in [2.45, 2.75) is 39.0 Å². The molecule has 2 aliphatic heterocycles. The van der Waals surface area contributed by atoms with Crippen LogP contribution in [0.5, 0.6) is 0 Å². The van der Waals surface area contributed by atoms with Crippen molar-refractivity contribution >= 4 is 39.9 Å². The highest BCUT2D eigenvalue weighted by Gasteiger charge is 2.33. The fourth-order valence-corrected chi connectivity index (χ4v) is 7.07. The van der Waals surface area contributed by atoms with Gasteiger partial charge < -0.3 is 20.4 Å². The number of nitrogens with one attached hydrogen (secondary N) is 2. The van der Waals surface area contributed by atoms with Crippen LogP contribution >= 0.6 is 0 Å². The van der Waals surface area contributed by atoms with Crippen LogP contribution in [0.3, 0.4) is 0 Å². The number of Topliss-reactive ketones (excluding diaryl/α,β-unsaturated/α-hetero) is 1. The Balaban J connectivity index is 1.01. The lowest BCUT2D eigenvalue weighted by molar-refractivity contribution is -0.384. The zero-order valence-electron chi connectivity index (χ0n) is 29.7. The molecule has 6 rings (SSSR count). The minimum absolute atomic E-state index is 0.0423. The van der Waals surface area contributed by atoms with E-state index in [0.717, 1.165) is 22.5 Å². The van der Waals surface area contributed by atoms with Crippen LogP contribution in [0.4, 0.5) is 34.1 Å². The van der Waals surface area contributed by atoms with E-state index in [0.29, 0.717) is 76.8 Å². The lowest BCUT2D eigenvalue weighted by Gasteiger charge is -2.42. The van der Waals surface area contributed by atoms with Crippen molar-refractivity contribution in [3.05, 3.63) is 128 Å². The molecule has 0 bridgehead atoms. The van der Waals surface area contributed by atoms with Crippen LogP contribution in [-0.2, 0) is 17.9 Å². The van der Waals surface area contributed by atoms with Crippen LogP contribution in [0.25, 0.3) is 0 Å². The van der Waals surface area contributed by atoms with Gasteiger partial charge >= 0.3 is 0 Å². The maximum absolute atomic E-state index is 13.8. The molecular weight excluding hydrogens is 660 g/mol. The monoisotopic (exact) mass is 706 g/mol. The predicted molar refractivity (Wildman–Crippen MR) is 205 cm³/mol. The molecule has 4 aromatic rings. The van der Waals surface area contributed by atoms with Crippen molar-refractivity contribution in [3.8, 4) is 0 Å². The number of nitro benzene ring substituents is 2. The van der Waals surface area contributed by atoms with Crippen LogP contribution < -0.4 is 20.4 Å². The van der Waals surface area contributed by atoms with Gasteiger partial charge in [0.2, 0.25) is 0 Å². The van der Waals surface area contributed by atoms with Gasteiger partial charge in [-0.15, -0.1) is 0 Å². The molecule has 0 aliphatic carbocycles. The topological polar surface area (TPSA) is 140 Å². The summed E-state index contributed by atoms with van der Waals surface area (Å²) in [7, 11) is 0. The van der Waals surface area contributed by atoms with Crippen molar-refractivity contribution in [3.63, 3.8) is 0 Å². The smallest absolute Gasteiger partial charge is 0.292 e. The second-order valence-electron chi connectivity index (χ2n) is 13.4. The third-order valence-electron chi connectivity index (χ3n) is 10.3. The Morgan fingerprint density at radius 2 is 0.962 bits per heavy atom. The summed E-state index contributed by atoms with van der Waals surface area (Å²) in [5.41, 5.74) is 4.96. The molecule has 0 saturated carbocycles. The Hall–Kier alpha value is -5.53. The summed E-state index contributed by atoms with van der Waals surface area (Å²) in [6, 6.07) is 29.5. The Kier molecular flexibility index (Phi) is 11.6. The molecule has 2 unspecified atom stereocenters. The Morgan fingerprint density at radius 1 is 0.596 bits per heavy atom. The lowest BCUT2D eigenvalue weighted by atomic mass is 10.0. The summed E-state index contributed by atoms with van der Waals surface area (Å²) >= 11 is 0. The van der Waals surface area contributed by atoms with Crippen molar-refractivity contribution in [2.24, 2.45) is 0 Å². The molecule has 13 nitrogen and oxygen atoms in total. The van der Waals surface area contributed by atoms with E-state index in [9.17, 15) is 25.0 Å². The number of nitrogens with zero attached hydrogens (tertiary/aromatic N) is 6. The number of piperazine rings is 2. The number of carbonyl (C=O) groups is 1. The number of benzene rings is 4. The van der Waals surface area contributed by atoms with Crippen LogP contribution in [0, 0.1) is 20.2 Å². The molecule has 0 amide bonds. The van der Waals surface area contributed by atoms with Gasteiger partial charge in [-0.05, 0) is 49.2 Å². The Bertz CT molecular complexity index is 1710. The molecule has 13 heteroatoms. The SMILES string of the molecule is CC(C(=O)C(C)N1CCN(c2ccc([N+](=O)[O-])c(NCc3ccccc3)c2)CC1)N1CCN(c2ccc([N+](=O)[O-])c(NCc3ccccc3)c2)CC1. The summed E-state index contributed by atoms with van der Waals surface area (Å²) in [5, 5.41) is 30.0. The van der Waals surface area contributed by atoms with Crippen molar-refractivity contribution < 1.29 is 14.6 Å². The molecule has 52 heavy (non-hydrogen) atoms. The number of carbonyl (C=O) groups excluding carboxylic acids is 1. The van der Waals surface area contributed by atoms with E-state index in [-0.39, 0.29) is 39.1 Å². The average molecular weight is 707 g/mol. The molecule has 2 N–H and O–H groups in total. The first-order chi connectivity index (χ1) is 25.2. The molecule has 4 aromatic carbocycles. The summed E-state index contributed by atoms with van der Waals surface area (Å²) in [5.74, 6) is 0.187. The van der Waals surface area contributed by atoms with Gasteiger partial charge in [0.05, 0.1) is 21.9 Å². The van der Waals surface area contributed by atoms with Gasteiger partial charge in [0.1, 0.15) is 11.4 Å². The fourth-order valence-electron chi connectivity index (χ4n) is 7.07. The van der Waals surface area contributed by atoms with Crippen LogP contribution in [0.2, 0.25) is 0 Å². The van der Waals surface area contributed by atoms with E-state index in [2.05, 4.69) is 30.2 Å². The molecule has 2 fully saturated rings. The van der Waals surface area contributed by atoms with E-state index < -0.39 is 0 Å². The number of nitro groups is 2. The van der Waals surface area contributed by atoms with Gasteiger partial charge in [0.25, 0.3) is 11.4 Å².